The highest BCUT2D eigenvalue weighted by atomic mass is 15.0. The Morgan fingerprint density at radius 2 is 1.57 bits per heavy atom. The van der Waals surface area contributed by atoms with Crippen molar-refractivity contribution in [3.8, 4) is 11.1 Å². The van der Waals surface area contributed by atoms with Crippen LogP contribution in [0.2, 0.25) is 0 Å². The molecule has 2 heteroatoms. The van der Waals surface area contributed by atoms with E-state index in [1.54, 1.807) is 0 Å². The first-order valence-corrected chi connectivity index (χ1v) is 13.8. The minimum atomic E-state index is 0.674. The first-order valence-electron chi connectivity index (χ1n) is 13.8. The topological polar surface area (TPSA) is 8.29 Å². The molecule has 1 fully saturated rings. The molecule has 0 bridgehead atoms. The number of benzene rings is 4. The van der Waals surface area contributed by atoms with Gasteiger partial charge in [0.2, 0.25) is 5.52 Å². The Hall–Kier alpha value is -3.91. The number of fused-ring (bicyclic) bond motifs is 5. The SMILES string of the molecule is Cc1ccc2c3cc(-c4ccccc4)ccc3n3c4cc(C5CCCCC5)cc5cc[n+](C)c(c1c23)c54. The van der Waals surface area contributed by atoms with Crippen molar-refractivity contribution in [2.75, 3.05) is 0 Å². The van der Waals surface area contributed by atoms with Crippen LogP contribution in [0.15, 0.2) is 85.1 Å². The van der Waals surface area contributed by atoms with Crippen molar-refractivity contribution < 1.29 is 4.57 Å². The summed E-state index contributed by atoms with van der Waals surface area (Å²) < 4.78 is 4.92. The number of pyridine rings is 2. The Kier molecular flexibility index (Phi) is 4.47. The van der Waals surface area contributed by atoms with Gasteiger partial charge in [-0.15, -0.1) is 0 Å². The molecule has 0 atom stereocenters. The van der Waals surface area contributed by atoms with Crippen LogP contribution in [0.4, 0.5) is 0 Å². The zero-order valence-electron chi connectivity index (χ0n) is 21.6. The summed E-state index contributed by atoms with van der Waals surface area (Å²) in [6, 6.07) is 29.8. The molecular weight excluding hydrogens is 448 g/mol. The Bertz CT molecular complexity index is 1970. The summed E-state index contributed by atoms with van der Waals surface area (Å²) in [5.41, 5.74) is 10.8. The largest absolute Gasteiger partial charge is 0.307 e. The van der Waals surface area contributed by atoms with Crippen molar-refractivity contribution >= 4 is 49.0 Å². The number of hydrogen-bond acceptors (Lipinski definition) is 0. The molecule has 1 aliphatic carbocycles. The molecule has 0 amide bonds. The molecule has 2 nitrogen and oxygen atoms in total. The fraction of sp³-hybridized carbons (Fsp3) is 0.229. The molecule has 0 unspecified atom stereocenters. The monoisotopic (exact) mass is 479 g/mol. The first-order chi connectivity index (χ1) is 18.2. The van der Waals surface area contributed by atoms with E-state index in [9.17, 15) is 0 Å². The van der Waals surface area contributed by atoms with Crippen LogP contribution >= 0.6 is 0 Å². The van der Waals surface area contributed by atoms with Gasteiger partial charge < -0.3 is 4.40 Å². The van der Waals surface area contributed by atoms with Gasteiger partial charge in [-0.05, 0) is 71.5 Å². The molecule has 3 heterocycles. The Morgan fingerprint density at radius 3 is 2.41 bits per heavy atom. The first kappa shape index (κ1) is 21.2. The predicted octanol–water partition coefficient (Wildman–Crippen LogP) is 8.84. The number of rotatable bonds is 2. The minimum absolute atomic E-state index is 0.674. The minimum Gasteiger partial charge on any atom is -0.307 e. The number of aromatic nitrogens is 2. The summed E-state index contributed by atoms with van der Waals surface area (Å²) in [6.07, 6.45) is 8.99. The number of aryl methyl sites for hydroxylation is 2. The van der Waals surface area contributed by atoms with Crippen molar-refractivity contribution in [2.24, 2.45) is 7.05 Å². The average Bonchev–Trinajstić information content (AvgIpc) is 3.28. The second kappa shape index (κ2) is 7.79. The van der Waals surface area contributed by atoms with E-state index >= 15 is 0 Å². The number of hydrogen-bond donors (Lipinski definition) is 0. The summed E-state index contributed by atoms with van der Waals surface area (Å²) >= 11 is 0. The van der Waals surface area contributed by atoms with E-state index in [0.29, 0.717) is 5.92 Å². The fourth-order valence-electron chi connectivity index (χ4n) is 7.22. The van der Waals surface area contributed by atoms with E-state index in [4.69, 9.17) is 0 Å². The smallest absolute Gasteiger partial charge is 0.224 e. The van der Waals surface area contributed by atoms with Crippen LogP contribution in [0.5, 0.6) is 0 Å². The van der Waals surface area contributed by atoms with Crippen LogP contribution in [0.25, 0.3) is 60.1 Å². The second-order valence-electron chi connectivity index (χ2n) is 11.2. The molecule has 0 aliphatic heterocycles. The summed E-state index contributed by atoms with van der Waals surface area (Å²) in [6.45, 7) is 2.27. The zero-order valence-corrected chi connectivity index (χ0v) is 21.6. The molecule has 0 radical (unpaired) electrons. The van der Waals surface area contributed by atoms with E-state index in [1.165, 1.54) is 103 Å². The molecule has 1 aliphatic rings. The highest BCUT2D eigenvalue weighted by Gasteiger charge is 2.26. The Morgan fingerprint density at radius 1 is 0.730 bits per heavy atom. The van der Waals surface area contributed by atoms with Gasteiger partial charge in [-0.2, -0.15) is 0 Å². The summed E-state index contributed by atoms with van der Waals surface area (Å²) in [4.78, 5) is 0. The highest BCUT2D eigenvalue weighted by molar-refractivity contribution is 6.26. The van der Waals surface area contributed by atoms with Gasteiger partial charge in [0.1, 0.15) is 7.05 Å². The third-order valence-electron chi connectivity index (χ3n) is 9.04. The van der Waals surface area contributed by atoms with E-state index < -0.39 is 0 Å². The third kappa shape index (κ3) is 2.96. The average molecular weight is 480 g/mol. The van der Waals surface area contributed by atoms with Crippen LogP contribution in [0.3, 0.4) is 0 Å². The highest BCUT2D eigenvalue weighted by Crippen LogP contribution is 2.43. The normalized spacial score (nSPS) is 15.2. The van der Waals surface area contributed by atoms with Gasteiger partial charge in [0.05, 0.1) is 27.3 Å². The fourth-order valence-corrected chi connectivity index (χ4v) is 7.22. The van der Waals surface area contributed by atoms with Gasteiger partial charge in [0.15, 0.2) is 6.20 Å². The molecule has 180 valence electrons. The molecule has 0 spiro atoms. The lowest BCUT2D eigenvalue weighted by Crippen LogP contribution is -2.29. The van der Waals surface area contributed by atoms with Gasteiger partial charge in [-0.3, -0.25) is 0 Å². The molecule has 37 heavy (non-hydrogen) atoms. The number of nitrogens with zero attached hydrogens (tertiary/aromatic N) is 2. The van der Waals surface area contributed by atoms with Crippen LogP contribution in [-0.4, -0.2) is 4.40 Å². The van der Waals surface area contributed by atoms with Gasteiger partial charge in [-0.25, -0.2) is 4.57 Å². The van der Waals surface area contributed by atoms with E-state index in [0.717, 1.165) is 0 Å². The lowest BCUT2D eigenvalue weighted by atomic mass is 9.83. The quantitative estimate of drug-likeness (QED) is 0.133. The Labute approximate surface area is 217 Å². The van der Waals surface area contributed by atoms with E-state index in [2.05, 4.69) is 108 Å². The van der Waals surface area contributed by atoms with E-state index in [-0.39, 0.29) is 0 Å². The van der Waals surface area contributed by atoms with Crippen molar-refractivity contribution in [3.05, 3.63) is 96.2 Å². The lowest BCUT2D eigenvalue weighted by molar-refractivity contribution is -0.643. The zero-order chi connectivity index (χ0) is 24.7. The maximum Gasteiger partial charge on any atom is 0.224 e. The van der Waals surface area contributed by atoms with Crippen LogP contribution in [0.1, 0.15) is 49.1 Å². The second-order valence-corrected chi connectivity index (χ2v) is 11.2. The molecule has 0 saturated heterocycles. The Balaban J connectivity index is 1.57. The third-order valence-corrected chi connectivity index (χ3v) is 9.04. The van der Waals surface area contributed by atoms with Gasteiger partial charge in [0, 0.05) is 16.8 Å². The lowest BCUT2D eigenvalue weighted by Gasteiger charge is -2.23. The molecule has 8 rings (SSSR count). The van der Waals surface area contributed by atoms with Gasteiger partial charge in [0.25, 0.3) is 0 Å². The van der Waals surface area contributed by atoms with Crippen LogP contribution in [-0.2, 0) is 7.05 Å². The summed E-state index contributed by atoms with van der Waals surface area (Å²) in [5.74, 6) is 0.674. The molecule has 1 saturated carbocycles. The van der Waals surface area contributed by atoms with Gasteiger partial charge >= 0.3 is 0 Å². The van der Waals surface area contributed by atoms with Crippen molar-refractivity contribution in [1.29, 1.82) is 0 Å². The molecule has 7 aromatic rings. The summed E-state index contributed by atoms with van der Waals surface area (Å²) in [5, 5.41) is 6.82. The predicted molar refractivity (Wildman–Crippen MR) is 156 cm³/mol. The van der Waals surface area contributed by atoms with Crippen molar-refractivity contribution in [2.45, 2.75) is 44.9 Å². The molecule has 0 N–H and O–H groups in total. The molecule has 3 aromatic heterocycles. The molecule has 4 aromatic carbocycles. The van der Waals surface area contributed by atoms with E-state index in [1.807, 2.05) is 0 Å². The van der Waals surface area contributed by atoms with Crippen molar-refractivity contribution in [3.63, 3.8) is 0 Å². The van der Waals surface area contributed by atoms with Crippen LogP contribution in [0, 0.1) is 6.92 Å². The summed E-state index contributed by atoms with van der Waals surface area (Å²) in [7, 11) is 2.21. The van der Waals surface area contributed by atoms with Gasteiger partial charge in [-0.1, -0.05) is 73.9 Å². The van der Waals surface area contributed by atoms with Crippen LogP contribution < -0.4 is 4.57 Å². The van der Waals surface area contributed by atoms with Crippen molar-refractivity contribution in [1.82, 2.24) is 4.40 Å². The maximum atomic E-state index is 2.59. The standard InChI is InChI=1S/C35H31N2/c1-22-13-15-28-29-20-25(23-9-5-3-6-10-23)14-16-30(29)37-31-21-27(24-11-7-4-8-12-24)19-26-17-18-36(2)35(33(26)31)32(22)34(28)37/h3,5-6,9-10,13-21,24H,4,7-8,11-12H2,1-2H3/q+1. The maximum absolute atomic E-state index is 2.59. The molecular formula is C35H31N2+.